The molecule has 0 atom stereocenters. The second-order valence-electron chi connectivity index (χ2n) is 5.85. The summed E-state index contributed by atoms with van der Waals surface area (Å²) in [5.74, 6) is 2.25. The van der Waals surface area contributed by atoms with Gasteiger partial charge in [0.1, 0.15) is 0 Å². The summed E-state index contributed by atoms with van der Waals surface area (Å²) in [6, 6.07) is 8.17. The van der Waals surface area contributed by atoms with E-state index in [0.717, 1.165) is 43.0 Å². The van der Waals surface area contributed by atoms with Crippen molar-refractivity contribution >= 4 is 5.69 Å². The van der Waals surface area contributed by atoms with Crippen molar-refractivity contribution in [3.8, 4) is 0 Å². The first-order valence-corrected chi connectivity index (χ1v) is 7.06. The number of anilines is 1. The van der Waals surface area contributed by atoms with Crippen molar-refractivity contribution in [3.63, 3.8) is 0 Å². The first kappa shape index (κ1) is 15.0. The fraction of sp³-hybridized carbons (Fsp3) is 0.625. The molecule has 0 radical (unpaired) electrons. The largest absolute Gasteiger partial charge is 0.399 e. The normalized spacial score (nSPS) is 11.7. The van der Waals surface area contributed by atoms with E-state index in [4.69, 9.17) is 5.73 Å². The van der Waals surface area contributed by atoms with Crippen LogP contribution in [-0.4, -0.2) is 13.1 Å². The van der Waals surface area contributed by atoms with E-state index in [1.807, 2.05) is 12.1 Å². The zero-order valence-corrected chi connectivity index (χ0v) is 12.2. The lowest BCUT2D eigenvalue weighted by atomic mass is 9.85. The first-order chi connectivity index (χ1) is 8.50. The molecule has 1 aromatic rings. The summed E-state index contributed by atoms with van der Waals surface area (Å²) in [6.07, 6.45) is 1.07. The van der Waals surface area contributed by atoms with Gasteiger partial charge in [0.05, 0.1) is 0 Å². The van der Waals surface area contributed by atoms with Crippen LogP contribution >= 0.6 is 0 Å². The molecule has 0 unspecified atom stereocenters. The maximum Gasteiger partial charge on any atom is 0.0314 e. The fourth-order valence-electron chi connectivity index (χ4n) is 2.43. The Hall–Kier alpha value is -1.02. The van der Waals surface area contributed by atoms with Crippen molar-refractivity contribution in [2.24, 2.45) is 17.8 Å². The van der Waals surface area contributed by atoms with E-state index in [1.165, 1.54) is 5.56 Å². The number of hydrogen-bond donors (Lipinski definition) is 2. The van der Waals surface area contributed by atoms with E-state index < -0.39 is 0 Å². The molecule has 0 fully saturated rings. The van der Waals surface area contributed by atoms with E-state index in [0.29, 0.717) is 0 Å². The maximum absolute atomic E-state index is 5.67. The Morgan fingerprint density at radius 2 is 1.56 bits per heavy atom. The second kappa shape index (κ2) is 7.42. The van der Waals surface area contributed by atoms with Crippen LogP contribution in [-0.2, 0) is 6.42 Å². The fourth-order valence-corrected chi connectivity index (χ4v) is 2.43. The Bertz CT molecular complexity index is 319. The van der Waals surface area contributed by atoms with Crippen LogP contribution in [0, 0.1) is 17.8 Å². The van der Waals surface area contributed by atoms with Gasteiger partial charge < -0.3 is 11.1 Å². The maximum atomic E-state index is 5.67. The van der Waals surface area contributed by atoms with Gasteiger partial charge in [-0.2, -0.15) is 0 Å². The predicted molar refractivity (Wildman–Crippen MR) is 80.6 cm³/mol. The van der Waals surface area contributed by atoms with Crippen LogP contribution < -0.4 is 11.1 Å². The van der Waals surface area contributed by atoms with Crippen molar-refractivity contribution in [3.05, 3.63) is 29.8 Å². The average Bonchev–Trinajstić information content (AvgIpc) is 2.30. The molecular formula is C16H28N2. The van der Waals surface area contributed by atoms with Crippen molar-refractivity contribution in [2.45, 2.75) is 34.1 Å². The van der Waals surface area contributed by atoms with E-state index in [9.17, 15) is 0 Å². The number of nitrogen functional groups attached to an aromatic ring is 1. The van der Waals surface area contributed by atoms with Crippen molar-refractivity contribution in [2.75, 3.05) is 18.8 Å². The van der Waals surface area contributed by atoms with Gasteiger partial charge in [0, 0.05) is 5.69 Å². The highest BCUT2D eigenvalue weighted by atomic mass is 14.9. The molecule has 102 valence electrons. The van der Waals surface area contributed by atoms with E-state index in [1.54, 1.807) is 0 Å². The van der Waals surface area contributed by atoms with Crippen molar-refractivity contribution < 1.29 is 0 Å². The van der Waals surface area contributed by atoms with Gasteiger partial charge in [0.2, 0.25) is 0 Å². The number of benzene rings is 1. The predicted octanol–water partition coefficient (Wildman–Crippen LogP) is 3.33. The van der Waals surface area contributed by atoms with E-state index in [-0.39, 0.29) is 0 Å². The molecular weight excluding hydrogens is 220 g/mol. The smallest absolute Gasteiger partial charge is 0.0314 e. The summed E-state index contributed by atoms with van der Waals surface area (Å²) in [4.78, 5) is 0. The summed E-state index contributed by atoms with van der Waals surface area (Å²) in [5, 5.41) is 3.58. The monoisotopic (exact) mass is 248 g/mol. The minimum absolute atomic E-state index is 0.744. The number of nitrogens with two attached hydrogens (primary N) is 1. The molecule has 1 aromatic carbocycles. The van der Waals surface area contributed by atoms with Crippen molar-refractivity contribution in [1.29, 1.82) is 0 Å². The summed E-state index contributed by atoms with van der Waals surface area (Å²) in [5.41, 5.74) is 7.86. The standard InChI is InChI=1S/C16H28N2/c1-12(2)16(13(3)4)11-18-10-9-14-5-7-15(17)8-6-14/h5-8,12-13,16,18H,9-11,17H2,1-4H3. The molecule has 0 aliphatic carbocycles. The van der Waals surface area contributed by atoms with E-state index >= 15 is 0 Å². The SMILES string of the molecule is CC(C)C(CNCCc1ccc(N)cc1)C(C)C. The second-order valence-corrected chi connectivity index (χ2v) is 5.85. The third-order valence-corrected chi connectivity index (χ3v) is 3.66. The minimum atomic E-state index is 0.744. The van der Waals surface area contributed by atoms with Gasteiger partial charge in [-0.15, -0.1) is 0 Å². The van der Waals surface area contributed by atoms with Crippen LogP contribution in [0.5, 0.6) is 0 Å². The molecule has 18 heavy (non-hydrogen) atoms. The zero-order valence-electron chi connectivity index (χ0n) is 12.2. The van der Waals surface area contributed by atoms with Crippen LogP contribution in [0.2, 0.25) is 0 Å². The summed E-state index contributed by atoms with van der Waals surface area (Å²) in [7, 11) is 0. The van der Waals surface area contributed by atoms with Crippen LogP contribution in [0.1, 0.15) is 33.3 Å². The lowest BCUT2D eigenvalue weighted by Crippen LogP contribution is -2.31. The highest BCUT2D eigenvalue weighted by Crippen LogP contribution is 2.19. The molecule has 0 aliphatic heterocycles. The molecule has 3 N–H and O–H groups in total. The van der Waals surface area contributed by atoms with Crippen molar-refractivity contribution in [1.82, 2.24) is 5.32 Å². The quantitative estimate of drug-likeness (QED) is 0.574. The van der Waals surface area contributed by atoms with Crippen LogP contribution in [0.25, 0.3) is 0 Å². The van der Waals surface area contributed by atoms with Gasteiger partial charge in [0.25, 0.3) is 0 Å². The molecule has 0 aromatic heterocycles. The highest BCUT2D eigenvalue weighted by molar-refractivity contribution is 5.39. The molecule has 2 heteroatoms. The van der Waals surface area contributed by atoms with E-state index in [2.05, 4.69) is 45.1 Å². The zero-order chi connectivity index (χ0) is 13.5. The molecule has 0 spiro atoms. The van der Waals surface area contributed by atoms with Gasteiger partial charge in [-0.3, -0.25) is 0 Å². The molecule has 0 saturated heterocycles. The topological polar surface area (TPSA) is 38.0 Å². The Balaban J connectivity index is 2.27. The van der Waals surface area contributed by atoms with Gasteiger partial charge in [-0.1, -0.05) is 39.8 Å². The van der Waals surface area contributed by atoms with Gasteiger partial charge in [0.15, 0.2) is 0 Å². The Labute approximate surface area is 112 Å². The Morgan fingerprint density at radius 1 is 1.00 bits per heavy atom. The van der Waals surface area contributed by atoms with Gasteiger partial charge in [-0.05, 0) is 55.0 Å². The Morgan fingerprint density at radius 3 is 2.06 bits per heavy atom. The highest BCUT2D eigenvalue weighted by Gasteiger charge is 2.16. The number of rotatable bonds is 7. The van der Waals surface area contributed by atoms with Crippen LogP contribution in [0.3, 0.4) is 0 Å². The number of nitrogens with one attached hydrogen (secondary N) is 1. The Kier molecular flexibility index (Phi) is 6.20. The lowest BCUT2D eigenvalue weighted by Gasteiger charge is -2.25. The number of hydrogen-bond acceptors (Lipinski definition) is 2. The molecule has 0 saturated carbocycles. The minimum Gasteiger partial charge on any atom is -0.399 e. The molecule has 0 aliphatic rings. The average molecular weight is 248 g/mol. The summed E-state index contributed by atoms with van der Waals surface area (Å²) >= 11 is 0. The van der Waals surface area contributed by atoms with Crippen LogP contribution in [0.4, 0.5) is 5.69 Å². The summed E-state index contributed by atoms with van der Waals surface area (Å²) in [6.45, 7) is 11.4. The third kappa shape index (κ3) is 5.09. The third-order valence-electron chi connectivity index (χ3n) is 3.66. The summed E-state index contributed by atoms with van der Waals surface area (Å²) < 4.78 is 0. The van der Waals surface area contributed by atoms with Gasteiger partial charge in [-0.25, -0.2) is 0 Å². The van der Waals surface area contributed by atoms with Crippen LogP contribution in [0.15, 0.2) is 24.3 Å². The molecule has 2 nitrogen and oxygen atoms in total. The lowest BCUT2D eigenvalue weighted by molar-refractivity contribution is 0.277. The van der Waals surface area contributed by atoms with Gasteiger partial charge >= 0.3 is 0 Å². The molecule has 0 heterocycles. The first-order valence-electron chi connectivity index (χ1n) is 7.06. The molecule has 0 amide bonds. The molecule has 1 rings (SSSR count). The molecule has 0 bridgehead atoms.